The summed E-state index contributed by atoms with van der Waals surface area (Å²) in [7, 11) is 0. The van der Waals surface area contributed by atoms with Gasteiger partial charge >= 0.3 is 0 Å². The lowest BCUT2D eigenvalue weighted by atomic mass is 9.63. The van der Waals surface area contributed by atoms with Crippen LogP contribution in [0.5, 0.6) is 0 Å². The van der Waals surface area contributed by atoms with Crippen molar-refractivity contribution < 1.29 is 0 Å². The molecule has 0 radical (unpaired) electrons. The molecule has 0 heteroatoms. The molecule has 38 heavy (non-hydrogen) atoms. The number of allylic oxidation sites excluding steroid dienone is 2. The quantitative estimate of drug-likeness (QED) is 0.266. The summed E-state index contributed by atoms with van der Waals surface area (Å²) >= 11 is 0. The first kappa shape index (κ1) is 23.5. The van der Waals surface area contributed by atoms with Crippen molar-refractivity contribution >= 4 is 12.2 Å². The minimum Gasteiger partial charge on any atom is -0.0620 e. The first-order valence-electron chi connectivity index (χ1n) is 14.4. The summed E-state index contributed by atoms with van der Waals surface area (Å²) in [6, 6.07) is 31.6. The highest BCUT2D eigenvalue weighted by molar-refractivity contribution is 5.85. The highest BCUT2D eigenvalue weighted by Gasteiger charge is 2.42. The first-order valence-corrected chi connectivity index (χ1v) is 14.4. The van der Waals surface area contributed by atoms with E-state index >= 15 is 0 Å². The number of benzene rings is 4. The third-order valence-corrected chi connectivity index (χ3v) is 9.60. The van der Waals surface area contributed by atoms with Gasteiger partial charge in [0.25, 0.3) is 0 Å². The van der Waals surface area contributed by atoms with Gasteiger partial charge in [0.1, 0.15) is 0 Å². The second-order valence-electron chi connectivity index (χ2n) is 11.7. The minimum absolute atomic E-state index is 0.183. The third kappa shape index (κ3) is 3.73. The Hall–Kier alpha value is -3.64. The summed E-state index contributed by atoms with van der Waals surface area (Å²) in [6.45, 7) is 4.48. The highest BCUT2D eigenvalue weighted by atomic mass is 14.5. The summed E-state index contributed by atoms with van der Waals surface area (Å²) < 4.78 is 0. The predicted molar refractivity (Wildman–Crippen MR) is 162 cm³/mol. The molecule has 3 aliphatic rings. The second-order valence-corrected chi connectivity index (χ2v) is 11.7. The van der Waals surface area contributed by atoms with Gasteiger partial charge < -0.3 is 0 Å². The van der Waals surface area contributed by atoms with E-state index < -0.39 is 0 Å². The molecule has 0 spiro atoms. The van der Waals surface area contributed by atoms with E-state index in [1.165, 1.54) is 87.7 Å². The molecule has 1 fully saturated rings. The molecule has 0 aliphatic heterocycles. The van der Waals surface area contributed by atoms with Gasteiger partial charge in [0.05, 0.1) is 0 Å². The molecule has 3 aliphatic carbocycles. The van der Waals surface area contributed by atoms with E-state index in [-0.39, 0.29) is 5.41 Å². The van der Waals surface area contributed by atoms with Gasteiger partial charge in [-0.2, -0.15) is 0 Å². The van der Waals surface area contributed by atoms with E-state index in [2.05, 4.69) is 111 Å². The Morgan fingerprint density at radius 2 is 0.921 bits per heavy atom. The molecule has 0 aromatic heterocycles. The van der Waals surface area contributed by atoms with Crippen molar-refractivity contribution in [3.63, 3.8) is 0 Å². The fraction of sp³-hybridized carbons (Fsp3) is 0.263. The molecule has 0 unspecified atom stereocenters. The van der Waals surface area contributed by atoms with Crippen molar-refractivity contribution in [2.24, 2.45) is 5.41 Å². The van der Waals surface area contributed by atoms with Gasteiger partial charge in [0, 0.05) is 5.41 Å². The lowest BCUT2D eigenvalue weighted by Crippen LogP contribution is -2.29. The van der Waals surface area contributed by atoms with E-state index in [0.717, 1.165) is 12.8 Å². The maximum Gasteiger partial charge on any atom is 0.0134 e. The molecule has 4 aromatic carbocycles. The highest BCUT2D eigenvalue weighted by Crippen LogP contribution is 2.55. The lowest BCUT2D eigenvalue weighted by molar-refractivity contribution is 0.286. The van der Waals surface area contributed by atoms with Crippen LogP contribution in [0, 0.1) is 19.3 Å². The topological polar surface area (TPSA) is 0 Å². The number of rotatable bonds is 4. The van der Waals surface area contributed by atoms with Crippen LogP contribution in [0.1, 0.15) is 65.5 Å². The molecule has 0 atom stereocenters. The summed E-state index contributed by atoms with van der Waals surface area (Å²) in [5.74, 6) is 0. The van der Waals surface area contributed by atoms with Crippen LogP contribution in [-0.4, -0.2) is 0 Å². The monoisotopic (exact) mass is 492 g/mol. The molecule has 188 valence electrons. The van der Waals surface area contributed by atoms with Crippen molar-refractivity contribution in [3.05, 3.63) is 129 Å². The third-order valence-electron chi connectivity index (χ3n) is 9.60. The molecular weight excluding hydrogens is 456 g/mol. The summed E-state index contributed by atoms with van der Waals surface area (Å²) in [5, 5.41) is 0. The zero-order chi connectivity index (χ0) is 25.7. The van der Waals surface area contributed by atoms with Crippen molar-refractivity contribution in [3.8, 4) is 22.3 Å². The second kappa shape index (κ2) is 9.28. The van der Waals surface area contributed by atoms with Crippen molar-refractivity contribution in [1.29, 1.82) is 0 Å². The number of hydrogen-bond donors (Lipinski definition) is 0. The standard InChI is InChI=1S/C38H36/c1-26-12-4-6-16-32(26)34-18-10-14-28-22-30(24-36(28)34)38(20-8-3-9-21-38)31-23-29-15-11-19-35(37(29)25-31)33-17-7-5-13-27(33)2/h4-7,10-19,24-25H,3,8-9,20-23H2,1-2H3. The smallest absolute Gasteiger partial charge is 0.0134 e. The van der Waals surface area contributed by atoms with Crippen LogP contribution in [0.25, 0.3) is 34.4 Å². The SMILES string of the molecule is Cc1ccccc1-c1cccc2c1C=C(C1(C3=Cc4c(cccc4-c4ccccc4C)C3)CCCCC1)C2. The van der Waals surface area contributed by atoms with Gasteiger partial charge in [0.2, 0.25) is 0 Å². The average Bonchev–Trinajstić information content (AvgIpc) is 3.60. The van der Waals surface area contributed by atoms with Crippen LogP contribution in [-0.2, 0) is 12.8 Å². The van der Waals surface area contributed by atoms with E-state index in [0.29, 0.717) is 0 Å². The van der Waals surface area contributed by atoms with Gasteiger partial charge in [-0.3, -0.25) is 0 Å². The van der Waals surface area contributed by atoms with Crippen molar-refractivity contribution in [2.75, 3.05) is 0 Å². The maximum atomic E-state index is 2.61. The summed E-state index contributed by atoms with van der Waals surface area (Å²) in [6.07, 6.45) is 14.0. The Kier molecular flexibility index (Phi) is 5.73. The number of hydrogen-bond acceptors (Lipinski definition) is 0. The van der Waals surface area contributed by atoms with Crippen LogP contribution >= 0.6 is 0 Å². The zero-order valence-corrected chi connectivity index (χ0v) is 22.7. The van der Waals surface area contributed by atoms with Crippen molar-refractivity contribution in [1.82, 2.24) is 0 Å². The Morgan fingerprint density at radius 1 is 0.474 bits per heavy atom. The fourth-order valence-corrected chi connectivity index (χ4v) is 7.57. The molecule has 1 saturated carbocycles. The van der Waals surface area contributed by atoms with Gasteiger partial charge in [-0.15, -0.1) is 0 Å². The Morgan fingerprint density at radius 3 is 1.39 bits per heavy atom. The molecule has 0 N–H and O–H groups in total. The zero-order valence-electron chi connectivity index (χ0n) is 22.7. The van der Waals surface area contributed by atoms with Gasteiger partial charge in [0.15, 0.2) is 0 Å². The summed E-state index contributed by atoms with van der Waals surface area (Å²) in [5.41, 5.74) is 17.7. The number of fused-ring (bicyclic) bond motifs is 2. The molecule has 0 amide bonds. The molecule has 0 nitrogen and oxygen atoms in total. The lowest BCUT2D eigenvalue weighted by Gasteiger charge is -2.40. The molecule has 0 bridgehead atoms. The Balaban J connectivity index is 1.34. The molecule has 0 heterocycles. The maximum absolute atomic E-state index is 2.61. The fourth-order valence-electron chi connectivity index (χ4n) is 7.57. The molecule has 0 saturated heterocycles. The summed E-state index contributed by atoms with van der Waals surface area (Å²) in [4.78, 5) is 0. The van der Waals surface area contributed by atoms with Gasteiger partial charge in [-0.1, -0.05) is 127 Å². The van der Waals surface area contributed by atoms with Crippen molar-refractivity contribution in [2.45, 2.75) is 58.8 Å². The molecular formula is C38H36. The first-order chi connectivity index (χ1) is 18.6. The van der Waals surface area contributed by atoms with E-state index in [1.54, 1.807) is 11.1 Å². The van der Waals surface area contributed by atoms with E-state index in [4.69, 9.17) is 0 Å². The Bertz CT molecular complexity index is 1490. The largest absolute Gasteiger partial charge is 0.0620 e. The normalized spacial score (nSPS) is 17.5. The molecule has 4 aromatic rings. The van der Waals surface area contributed by atoms with Crippen LogP contribution in [0.15, 0.2) is 96.1 Å². The average molecular weight is 493 g/mol. The number of aryl methyl sites for hydroxylation is 2. The predicted octanol–water partition coefficient (Wildman–Crippen LogP) is 10.2. The molecule has 7 rings (SSSR count). The Labute approximate surface area is 227 Å². The van der Waals surface area contributed by atoms with Crippen LogP contribution in [0.2, 0.25) is 0 Å². The van der Waals surface area contributed by atoms with E-state index in [1.807, 2.05) is 0 Å². The van der Waals surface area contributed by atoms with Crippen LogP contribution < -0.4 is 0 Å². The van der Waals surface area contributed by atoms with Gasteiger partial charge in [-0.05, 0) is 95.2 Å². The van der Waals surface area contributed by atoms with E-state index in [9.17, 15) is 0 Å². The van der Waals surface area contributed by atoms with Crippen LogP contribution in [0.4, 0.5) is 0 Å². The minimum atomic E-state index is 0.183. The van der Waals surface area contributed by atoms with Gasteiger partial charge in [-0.25, -0.2) is 0 Å². The van der Waals surface area contributed by atoms with Crippen LogP contribution in [0.3, 0.4) is 0 Å².